The number of amides is 1. The summed E-state index contributed by atoms with van der Waals surface area (Å²) in [6, 6.07) is 7.12. The zero-order valence-corrected chi connectivity index (χ0v) is 16.5. The Morgan fingerprint density at radius 2 is 1.76 bits per heavy atom. The molecule has 1 atom stereocenters. The van der Waals surface area contributed by atoms with Crippen molar-refractivity contribution < 1.29 is 14.3 Å². The molecule has 25 heavy (non-hydrogen) atoms. The maximum Gasteiger partial charge on any atom is 0.222 e. The summed E-state index contributed by atoms with van der Waals surface area (Å²) in [6.45, 7) is 7.27. The van der Waals surface area contributed by atoms with Crippen LogP contribution in [0, 0.1) is 5.92 Å². The van der Waals surface area contributed by atoms with E-state index in [0.29, 0.717) is 24.6 Å². The van der Waals surface area contributed by atoms with Gasteiger partial charge in [-0.2, -0.15) is 0 Å². The van der Waals surface area contributed by atoms with E-state index >= 15 is 0 Å². The lowest BCUT2D eigenvalue weighted by atomic mass is 10.0. The number of hydrogen-bond donors (Lipinski definition) is 1. The molecule has 0 saturated carbocycles. The molecule has 0 fully saturated rings. The van der Waals surface area contributed by atoms with Crippen molar-refractivity contribution in [2.75, 3.05) is 20.2 Å². The third-order valence-corrected chi connectivity index (χ3v) is 4.13. The van der Waals surface area contributed by atoms with E-state index in [1.165, 1.54) is 0 Å². The first-order valence-corrected chi connectivity index (χ1v) is 8.60. The molecule has 0 radical (unpaired) electrons. The van der Waals surface area contributed by atoms with Crippen LogP contribution in [0.2, 0.25) is 0 Å². The van der Waals surface area contributed by atoms with Crippen LogP contribution in [0.4, 0.5) is 0 Å². The summed E-state index contributed by atoms with van der Waals surface area (Å²) >= 11 is 0. The number of rotatable bonds is 10. The van der Waals surface area contributed by atoms with Gasteiger partial charge in [-0.25, -0.2) is 0 Å². The SMILES string of the molecule is CCOc1ccc(C(=O)CCC(=O)N(C)CCC(N)C(C)C)cc1.Cl. The van der Waals surface area contributed by atoms with E-state index in [2.05, 4.69) is 13.8 Å². The summed E-state index contributed by atoms with van der Waals surface area (Å²) in [5.41, 5.74) is 6.60. The number of halogens is 1. The molecule has 1 amide bonds. The first-order valence-electron chi connectivity index (χ1n) is 8.60. The molecule has 1 unspecified atom stereocenters. The van der Waals surface area contributed by atoms with Gasteiger partial charge in [0.25, 0.3) is 0 Å². The Morgan fingerprint density at radius 1 is 1.16 bits per heavy atom. The second kappa shape index (κ2) is 11.9. The van der Waals surface area contributed by atoms with Gasteiger partial charge in [-0.1, -0.05) is 13.8 Å². The number of benzene rings is 1. The average molecular weight is 371 g/mol. The molecular weight excluding hydrogens is 340 g/mol. The van der Waals surface area contributed by atoms with Crippen molar-refractivity contribution in [3.8, 4) is 5.75 Å². The molecule has 0 spiro atoms. The zero-order chi connectivity index (χ0) is 18.1. The van der Waals surface area contributed by atoms with Crippen molar-refractivity contribution in [1.29, 1.82) is 0 Å². The predicted molar refractivity (Wildman–Crippen MR) is 103 cm³/mol. The number of ether oxygens (including phenoxy) is 1. The lowest BCUT2D eigenvalue weighted by molar-refractivity contribution is -0.129. The number of carbonyl (C=O) groups excluding carboxylic acids is 2. The van der Waals surface area contributed by atoms with E-state index < -0.39 is 0 Å². The molecule has 5 nitrogen and oxygen atoms in total. The van der Waals surface area contributed by atoms with Gasteiger partial charge >= 0.3 is 0 Å². The van der Waals surface area contributed by atoms with Crippen molar-refractivity contribution in [2.24, 2.45) is 11.7 Å². The monoisotopic (exact) mass is 370 g/mol. The van der Waals surface area contributed by atoms with Gasteiger partial charge in [-0.15, -0.1) is 12.4 Å². The fourth-order valence-electron chi connectivity index (χ4n) is 2.26. The minimum Gasteiger partial charge on any atom is -0.494 e. The Hall–Kier alpha value is -1.59. The second-order valence-corrected chi connectivity index (χ2v) is 6.39. The first-order chi connectivity index (χ1) is 11.3. The molecular formula is C19H31ClN2O3. The lowest BCUT2D eigenvalue weighted by Crippen LogP contribution is -2.34. The number of nitrogens with zero attached hydrogens (tertiary/aromatic N) is 1. The van der Waals surface area contributed by atoms with Gasteiger partial charge in [0, 0.05) is 38.0 Å². The van der Waals surface area contributed by atoms with Crippen LogP contribution in [0.25, 0.3) is 0 Å². The summed E-state index contributed by atoms with van der Waals surface area (Å²) in [7, 11) is 1.76. The first kappa shape index (κ1) is 23.4. The fourth-order valence-corrected chi connectivity index (χ4v) is 2.26. The van der Waals surface area contributed by atoms with E-state index in [0.717, 1.165) is 12.2 Å². The average Bonchev–Trinajstić information content (AvgIpc) is 2.57. The highest BCUT2D eigenvalue weighted by atomic mass is 35.5. The summed E-state index contributed by atoms with van der Waals surface area (Å²) in [5, 5.41) is 0. The predicted octanol–water partition coefficient (Wildman–Crippen LogP) is 3.30. The van der Waals surface area contributed by atoms with Gasteiger partial charge in [-0.05, 0) is 43.5 Å². The van der Waals surface area contributed by atoms with Gasteiger partial charge in [0.15, 0.2) is 5.78 Å². The molecule has 6 heteroatoms. The summed E-state index contributed by atoms with van der Waals surface area (Å²) in [5.74, 6) is 1.09. The Kier molecular flexibility index (Phi) is 11.1. The third-order valence-electron chi connectivity index (χ3n) is 4.13. The van der Waals surface area contributed by atoms with E-state index in [1.807, 2.05) is 6.92 Å². The van der Waals surface area contributed by atoms with Crippen LogP contribution in [0.1, 0.15) is 50.4 Å². The van der Waals surface area contributed by atoms with E-state index in [1.54, 1.807) is 36.2 Å². The van der Waals surface area contributed by atoms with Gasteiger partial charge in [0.2, 0.25) is 5.91 Å². The highest BCUT2D eigenvalue weighted by Crippen LogP contribution is 2.14. The Labute approximate surface area is 157 Å². The van der Waals surface area contributed by atoms with Crippen molar-refractivity contribution >= 4 is 24.1 Å². The maximum absolute atomic E-state index is 12.2. The number of carbonyl (C=O) groups is 2. The molecule has 2 N–H and O–H groups in total. The van der Waals surface area contributed by atoms with E-state index in [-0.39, 0.29) is 43.0 Å². The number of nitrogens with two attached hydrogens (primary N) is 1. The summed E-state index contributed by atoms with van der Waals surface area (Å²) < 4.78 is 5.35. The van der Waals surface area contributed by atoms with Crippen molar-refractivity contribution in [3.05, 3.63) is 29.8 Å². The van der Waals surface area contributed by atoms with E-state index in [9.17, 15) is 9.59 Å². The van der Waals surface area contributed by atoms with Crippen LogP contribution in [0.3, 0.4) is 0 Å². The molecule has 1 aromatic carbocycles. The van der Waals surface area contributed by atoms with Crippen molar-refractivity contribution in [3.63, 3.8) is 0 Å². The van der Waals surface area contributed by atoms with Crippen molar-refractivity contribution in [2.45, 2.75) is 46.1 Å². The highest BCUT2D eigenvalue weighted by molar-refractivity contribution is 5.98. The van der Waals surface area contributed by atoms with Crippen LogP contribution in [-0.4, -0.2) is 42.8 Å². The molecule has 0 bridgehead atoms. The molecule has 1 rings (SSSR count). The lowest BCUT2D eigenvalue weighted by Gasteiger charge is -2.21. The molecule has 0 aliphatic carbocycles. The van der Waals surface area contributed by atoms with Crippen molar-refractivity contribution in [1.82, 2.24) is 4.90 Å². The largest absolute Gasteiger partial charge is 0.494 e. The quantitative estimate of drug-likeness (QED) is 0.641. The van der Waals surface area contributed by atoms with Crippen LogP contribution < -0.4 is 10.5 Å². The van der Waals surface area contributed by atoms with Crippen LogP contribution >= 0.6 is 12.4 Å². The molecule has 0 aromatic heterocycles. The smallest absolute Gasteiger partial charge is 0.222 e. The van der Waals surface area contributed by atoms with Crippen LogP contribution in [-0.2, 0) is 4.79 Å². The highest BCUT2D eigenvalue weighted by Gasteiger charge is 2.15. The molecule has 0 saturated heterocycles. The minimum absolute atomic E-state index is 0. The Balaban J connectivity index is 0.00000576. The number of hydrogen-bond acceptors (Lipinski definition) is 4. The summed E-state index contributed by atoms with van der Waals surface area (Å²) in [4.78, 5) is 25.9. The fraction of sp³-hybridized carbons (Fsp3) is 0.579. The molecule has 1 aromatic rings. The van der Waals surface area contributed by atoms with Gasteiger partial charge in [-0.3, -0.25) is 9.59 Å². The van der Waals surface area contributed by atoms with Gasteiger partial charge in [0.1, 0.15) is 5.75 Å². The second-order valence-electron chi connectivity index (χ2n) is 6.39. The third kappa shape index (κ3) is 8.36. The topological polar surface area (TPSA) is 72.6 Å². The standard InChI is InChI=1S/C19H30N2O3.ClH/c1-5-24-16-8-6-15(7-9-16)18(22)10-11-19(23)21(4)13-12-17(20)14(2)3;/h6-9,14,17H,5,10-13,20H2,1-4H3;1H. The van der Waals surface area contributed by atoms with Gasteiger partial charge < -0.3 is 15.4 Å². The maximum atomic E-state index is 12.2. The normalized spacial score (nSPS) is 11.6. The molecule has 0 heterocycles. The summed E-state index contributed by atoms with van der Waals surface area (Å²) in [6.07, 6.45) is 1.21. The Morgan fingerprint density at radius 3 is 2.28 bits per heavy atom. The minimum atomic E-state index is -0.0290. The number of Topliss-reactive ketones (excluding diaryl/α,β-unsaturated/α-hetero) is 1. The molecule has 0 aliphatic rings. The van der Waals surface area contributed by atoms with E-state index in [4.69, 9.17) is 10.5 Å². The molecule has 142 valence electrons. The van der Waals surface area contributed by atoms with Crippen LogP contribution in [0.15, 0.2) is 24.3 Å². The number of ketones is 1. The van der Waals surface area contributed by atoms with Gasteiger partial charge in [0.05, 0.1) is 6.61 Å². The Bertz CT molecular complexity index is 532. The van der Waals surface area contributed by atoms with Crippen LogP contribution in [0.5, 0.6) is 5.75 Å². The molecule has 0 aliphatic heterocycles. The zero-order valence-electron chi connectivity index (χ0n) is 15.7.